The molecule has 128 valence electrons. The monoisotopic (exact) mass is 318 g/mol. The minimum Gasteiger partial charge on any atom is -0.496 e. The topological polar surface area (TPSA) is 35.5 Å². The molecule has 3 nitrogen and oxygen atoms in total. The summed E-state index contributed by atoms with van der Waals surface area (Å²) >= 11 is 0. The summed E-state index contributed by atoms with van der Waals surface area (Å²) in [5, 5.41) is 0. The number of benzene rings is 1. The largest absolute Gasteiger partial charge is 0.496 e. The SMILES string of the molecule is COC(=O)C1CC1CC(C)c1cc(C)cc(C(C)(C)C)c1OC. The molecule has 3 unspecified atom stereocenters. The van der Waals surface area contributed by atoms with Crippen molar-refractivity contribution in [3.05, 3.63) is 28.8 Å². The van der Waals surface area contributed by atoms with Crippen molar-refractivity contribution in [2.75, 3.05) is 14.2 Å². The highest BCUT2D eigenvalue weighted by atomic mass is 16.5. The number of ether oxygens (including phenoxy) is 2. The average Bonchev–Trinajstić information content (AvgIpc) is 3.23. The van der Waals surface area contributed by atoms with Crippen LogP contribution < -0.4 is 4.74 Å². The van der Waals surface area contributed by atoms with Crippen molar-refractivity contribution in [3.63, 3.8) is 0 Å². The first-order valence-corrected chi connectivity index (χ1v) is 8.45. The van der Waals surface area contributed by atoms with Gasteiger partial charge in [-0.2, -0.15) is 0 Å². The lowest BCUT2D eigenvalue weighted by molar-refractivity contribution is -0.142. The van der Waals surface area contributed by atoms with Crippen LogP contribution in [0.15, 0.2) is 12.1 Å². The fourth-order valence-electron chi connectivity index (χ4n) is 3.48. The molecule has 0 aromatic heterocycles. The Labute approximate surface area is 140 Å². The molecule has 3 atom stereocenters. The molecular formula is C20H30O3. The first-order valence-electron chi connectivity index (χ1n) is 8.45. The zero-order valence-electron chi connectivity index (χ0n) is 15.5. The Kier molecular flexibility index (Phi) is 5.07. The van der Waals surface area contributed by atoms with Crippen molar-refractivity contribution in [2.45, 2.75) is 58.8 Å². The molecule has 1 aliphatic carbocycles. The fourth-order valence-corrected chi connectivity index (χ4v) is 3.48. The molecule has 23 heavy (non-hydrogen) atoms. The highest BCUT2D eigenvalue weighted by Gasteiger charge is 2.44. The Hall–Kier alpha value is -1.51. The van der Waals surface area contributed by atoms with Crippen LogP contribution in [0.5, 0.6) is 5.75 Å². The molecule has 3 heteroatoms. The summed E-state index contributed by atoms with van der Waals surface area (Å²) in [6, 6.07) is 4.46. The van der Waals surface area contributed by atoms with E-state index in [1.54, 1.807) is 7.11 Å². The number of carbonyl (C=O) groups is 1. The Balaban J connectivity index is 2.25. The Bertz CT molecular complexity index is 583. The second-order valence-electron chi connectivity index (χ2n) is 7.95. The third-order valence-electron chi connectivity index (χ3n) is 4.89. The molecule has 1 fully saturated rings. The number of esters is 1. The highest BCUT2D eigenvalue weighted by Crippen LogP contribution is 2.48. The number of methoxy groups -OCH3 is 2. The molecule has 1 aliphatic rings. The quantitative estimate of drug-likeness (QED) is 0.744. The molecule has 0 N–H and O–H groups in total. The van der Waals surface area contributed by atoms with Crippen LogP contribution in [0.1, 0.15) is 63.1 Å². The van der Waals surface area contributed by atoms with Gasteiger partial charge in [-0.3, -0.25) is 4.79 Å². The molecule has 1 saturated carbocycles. The van der Waals surface area contributed by atoms with Gasteiger partial charge in [0.05, 0.1) is 20.1 Å². The minimum atomic E-state index is -0.0613. The lowest BCUT2D eigenvalue weighted by Gasteiger charge is -2.27. The normalized spacial score (nSPS) is 21.7. The molecule has 0 heterocycles. The highest BCUT2D eigenvalue weighted by molar-refractivity contribution is 5.75. The maximum atomic E-state index is 11.6. The lowest BCUT2D eigenvalue weighted by atomic mass is 9.81. The van der Waals surface area contributed by atoms with Crippen LogP contribution in [0, 0.1) is 18.8 Å². The van der Waals surface area contributed by atoms with Crippen molar-refractivity contribution < 1.29 is 14.3 Å². The van der Waals surface area contributed by atoms with Gasteiger partial charge in [-0.25, -0.2) is 0 Å². The molecule has 2 rings (SSSR count). The van der Waals surface area contributed by atoms with Crippen LogP contribution in [0.25, 0.3) is 0 Å². The summed E-state index contributed by atoms with van der Waals surface area (Å²) in [5.74, 6) is 1.85. The maximum absolute atomic E-state index is 11.6. The Morgan fingerprint density at radius 2 is 1.96 bits per heavy atom. The van der Waals surface area contributed by atoms with Gasteiger partial charge in [0.2, 0.25) is 0 Å². The predicted molar refractivity (Wildman–Crippen MR) is 93.1 cm³/mol. The zero-order chi connectivity index (χ0) is 17.4. The smallest absolute Gasteiger partial charge is 0.308 e. The van der Waals surface area contributed by atoms with E-state index in [9.17, 15) is 4.79 Å². The summed E-state index contributed by atoms with van der Waals surface area (Å²) in [5.41, 5.74) is 3.81. The van der Waals surface area contributed by atoms with Crippen molar-refractivity contribution in [3.8, 4) is 5.75 Å². The van der Waals surface area contributed by atoms with Crippen LogP contribution >= 0.6 is 0 Å². The maximum Gasteiger partial charge on any atom is 0.308 e. The van der Waals surface area contributed by atoms with E-state index in [0.717, 1.165) is 18.6 Å². The third kappa shape index (κ3) is 3.88. The van der Waals surface area contributed by atoms with Crippen LogP contribution in [0.3, 0.4) is 0 Å². The van der Waals surface area contributed by atoms with Crippen LogP contribution in [0.2, 0.25) is 0 Å². The number of rotatable bonds is 5. The number of hydrogen-bond donors (Lipinski definition) is 0. The third-order valence-corrected chi connectivity index (χ3v) is 4.89. The number of carbonyl (C=O) groups excluding carboxylic acids is 1. The molecule has 0 bridgehead atoms. The van der Waals surface area contributed by atoms with E-state index < -0.39 is 0 Å². The molecule has 0 spiro atoms. The van der Waals surface area contributed by atoms with E-state index >= 15 is 0 Å². The molecular weight excluding hydrogens is 288 g/mol. The van der Waals surface area contributed by atoms with Gasteiger partial charge < -0.3 is 9.47 Å². The molecule has 1 aromatic rings. The van der Waals surface area contributed by atoms with E-state index in [0.29, 0.717) is 11.8 Å². The van der Waals surface area contributed by atoms with Gasteiger partial charge in [0.15, 0.2) is 0 Å². The Morgan fingerprint density at radius 1 is 1.30 bits per heavy atom. The zero-order valence-corrected chi connectivity index (χ0v) is 15.5. The van der Waals surface area contributed by atoms with Gasteiger partial charge in [-0.1, -0.05) is 45.4 Å². The lowest BCUT2D eigenvalue weighted by Crippen LogP contribution is -2.15. The first-order chi connectivity index (χ1) is 10.7. The van der Waals surface area contributed by atoms with Gasteiger partial charge >= 0.3 is 5.97 Å². The summed E-state index contributed by atoms with van der Waals surface area (Å²) < 4.78 is 10.6. The first kappa shape index (κ1) is 17.8. The second-order valence-corrected chi connectivity index (χ2v) is 7.95. The van der Waals surface area contributed by atoms with E-state index in [1.165, 1.54) is 23.8 Å². The van der Waals surface area contributed by atoms with Gasteiger partial charge in [0.1, 0.15) is 5.75 Å². The summed E-state index contributed by atoms with van der Waals surface area (Å²) in [4.78, 5) is 11.6. The molecule has 1 aromatic carbocycles. The summed E-state index contributed by atoms with van der Waals surface area (Å²) in [6.45, 7) is 11.0. The number of hydrogen-bond acceptors (Lipinski definition) is 3. The van der Waals surface area contributed by atoms with E-state index in [-0.39, 0.29) is 17.3 Å². The minimum absolute atomic E-state index is 0.0416. The van der Waals surface area contributed by atoms with Crippen molar-refractivity contribution >= 4 is 5.97 Å². The average molecular weight is 318 g/mol. The molecule has 0 aliphatic heterocycles. The fraction of sp³-hybridized carbons (Fsp3) is 0.650. The summed E-state index contributed by atoms with van der Waals surface area (Å²) in [7, 11) is 3.23. The molecule has 0 amide bonds. The van der Waals surface area contributed by atoms with Crippen molar-refractivity contribution in [1.29, 1.82) is 0 Å². The van der Waals surface area contributed by atoms with Crippen molar-refractivity contribution in [1.82, 2.24) is 0 Å². The van der Waals surface area contributed by atoms with Crippen LogP contribution in [-0.2, 0) is 14.9 Å². The molecule has 0 radical (unpaired) electrons. The summed E-state index contributed by atoms with van der Waals surface area (Å²) in [6.07, 6.45) is 1.96. The second kappa shape index (κ2) is 6.54. The number of aryl methyl sites for hydroxylation is 1. The van der Waals surface area contributed by atoms with Gasteiger partial charge in [0, 0.05) is 5.56 Å². The van der Waals surface area contributed by atoms with Crippen LogP contribution in [-0.4, -0.2) is 20.2 Å². The van der Waals surface area contributed by atoms with E-state index in [2.05, 4.69) is 46.8 Å². The van der Waals surface area contributed by atoms with Gasteiger partial charge in [-0.05, 0) is 42.6 Å². The van der Waals surface area contributed by atoms with E-state index in [4.69, 9.17) is 9.47 Å². The predicted octanol–water partition coefficient (Wildman–Crippen LogP) is 4.60. The van der Waals surface area contributed by atoms with Crippen LogP contribution in [0.4, 0.5) is 0 Å². The van der Waals surface area contributed by atoms with E-state index in [1.807, 2.05) is 0 Å². The van der Waals surface area contributed by atoms with Gasteiger partial charge in [-0.15, -0.1) is 0 Å². The van der Waals surface area contributed by atoms with Gasteiger partial charge in [0.25, 0.3) is 0 Å². The Morgan fingerprint density at radius 3 is 2.48 bits per heavy atom. The molecule has 0 saturated heterocycles. The van der Waals surface area contributed by atoms with Crippen molar-refractivity contribution in [2.24, 2.45) is 11.8 Å². The standard InChI is InChI=1S/C20H30O3/c1-12-8-15(18(22-6)17(9-12)20(3,4)5)13(2)10-14-11-16(14)19(21)23-7/h8-9,13-14,16H,10-11H2,1-7H3.